The summed E-state index contributed by atoms with van der Waals surface area (Å²) in [5, 5.41) is 17.7. The number of amides is 1. The van der Waals surface area contributed by atoms with Crippen molar-refractivity contribution >= 4 is 5.91 Å². The van der Waals surface area contributed by atoms with Crippen LogP contribution in [-0.4, -0.2) is 40.7 Å². The van der Waals surface area contributed by atoms with E-state index in [1.54, 1.807) is 24.3 Å². The highest BCUT2D eigenvalue weighted by Crippen LogP contribution is 2.26. The number of alkyl halides is 2. The summed E-state index contributed by atoms with van der Waals surface area (Å²) in [5.41, 5.74) is 0.519. The molecular formula is C20H23F2NO4. The number of aromatic hydroxyl groups is 1. The number of halogens is 2. The van der Waals surface area contributed by atoms with Crippen LogP contribution >= 0.6 is 0 Å². The van der Waals surface area contributed by atoms with Crippen molar-refractivity contribution in [2.75, 3.05) is 19.7 Å². The largest absolute Gasteiger partial charge is 0.507 e. The average Bonchev–Trinajstić information content (AvgIpc) is 3.22. The Labute approximate surface area is 156 Å². The van der Waals surface area contributed by atoms with Gasteiger partial charge in [0, 0.05) is 13.1 Å². The maximum absolute atomic E-state index is 11.9. The van der Waals surface area contributed by atoms with Crippen molar-refractivity contribution in [2.45, 2.75) is 25.9 Å². The Morgan fingerprint density at radius 2 is 1.70 bits per heavy atom. The zero-order valence-corrected chi connectivity index (χ0v) is 14.9. The number of ether oxygens (including phenoxy) is 1. The third kappa shape index (κ3) is 6.53. The van der Waals surface area contributed by atoms with Crippen LogP contribution in [0.1, 0.15) is 30.4 Å². The van der Waals surface area contributed by atoms with Crippen molar-refractivity contribution in [2.24, 2.45) is 0 Å². The molecule has 1 aliphatic heterocycles. The number of benzene rings is 2. The quantitative estimate of drug-likeness (QED) is 0.834. The molecule has 1 heterocycles. The molecule has 5 nitrogen and oxygen atoms in total. The SMILES string of the molecule is O=C(COc1ccc(CO)cc1)N1CCCC1.Oc1ccccc1C(F)F. The molecule has 146 valence electrons. The van der Waals surface area contributed by atoms with Crippen molar-refractivity contribution < 1.29 is 28.5 Å². The molecule has 1 amide bonds. The van der Waals surface area contributed by atoms with Gasteiger partial charge >= 0.3 is 0 Å². The first-order valence-corrected chi connectivity index (χ1v) is 8.67. The number of carbonyl (C=O) groups is 1. The lowest BCUT2D eigenvalue weighted by Crippen LogP contribution is -2.32. The van der Waals surface area contributed by atoms with Gasteiger partial charge in [0.2, 0.25) is 0 Å². The molecule has 1 aliphatic rings. The van der Waals surface area contributed by atoms with Gasteiger partial charge in [-0.3, -0.25) is 4.79 Å². The second kappa shape index (κ2) is 10.5. The normalized spacial score (nSPS) is 13.3. The smallest absolute Gasteiger partial charge is 0.267 e. The Balaban J connectivity index is 0.000000223. The molecule has 0 aliphatic carbocycles. The molecule has 27 heavy (non-hydrogen) atoms. The summed E-state index contributed by atoms with van der Waals surface area (Å²) in [4.78, 5) is 13.5. The number of phenolic OH excluding ortho intramolecular Hbond substituents is 1. The van der Waals surface area contributed by atoms with Gasteiger partial charge in [0.15, 0.2) is 6.61 Å². The van der Waals surface area contributed by atoms with Gasteiger partial charge in [-0.2, -0.15) is 0 Å². The van der Waals surface area contributed by atoms with Gasteiger partial charge in [0.1, 0.15) is 11.5 Å². The number of hydrogen-bond acceptors (Lipinski definition) is 4. The molecule has 0 saturated carbocycles. The van der Waals surface area contributed by atoms with Crippen LogP contribution in [-0.2, 0) is 11.4 Å². The standard InChI is InChI=1S/C13H17NO3.C7H6F2O/c15-9-11-3-5-12(6-4-11)17-10-13(16)14-7-1-2-8-14;8-7(9)5-3-1-2-4-6(5)10/h3-6,15H,1-2,7-10H2;1-4,7,10H. The highest BCUT2D eigenvalue weighted by molar-refractivity contribution is 5.78. The second-order valence-electron chi connectivity index (χ2n) is 6.04. The molecule has 0 atom stereocenters. The lowest BCUT2D eigenvalue weighted by atomic mass is 10.2. The molecular weight excluding hydrogens is 356 g/mol. The molecule has 1 saturated heterocycles. The van der Waals surface area contributed by atoms with E-state index in [9.17, 15) is 13.6 Å². The maximum atomic E-state index is 11.9. The number of aliphatic hydroxyl groups is 1. The lowest BCUT2D eigenvalue weighted by molar-refractivity contribution is -0.132. The van der Waals surface area contributed by atoms with Crippen molar-refractivity contribution in [1.29, 1.82) is 0 Å². The van der Waals surface area contributed by atoms with Gasteiger partial charge in [-0.15, -0.1) is 0 Å². The van der Waals surface area contributed by atoms with Crippen LogP contribution in [0.2, 0.25) is 0 Å². The molecule has 1 fully saturated rings. The van der Waals surface area contributed by atoms with Crippen LogP contribution in [0.25, 0.3) is 0 Å². The summed E-state index contributed by atoms with van der Waals surface area (Å²) in [5.74, 6) is 0.362. The average molecular weight is 379 g/mol. The summed E-state index contributed by atoms with van der Waals surface area (Å²) in [6.07, 6.45) is -0.408. The molecule has 0 bridgehead atoms. The molecule has 2 aromatic carbocycles. The second-order valence-corrected chi connectivity index (χ2v) is 6.04. The van der Waals surface area contributed by atoms with Gasteiger partial charge in [0.05, 0.1) is 12.2 Å². The van der Waals surface area contributed by atoms with E-state index in [1.807, 2.05) is 4.90 Å². The van der Waals surface area contributed by atoms with Crippen molar-refractivity contribution in [3.8, 4) is 11.5 Å². The number of aliphatic hydroxyl groups excluding tert-OH is 1. The van der Waals surface area contributed by atoms with E-state index >= 15 is 0 Å². The van der Waals surface area contributed by atoms with Gasteiger partial charge in [0.25, 0.3) is 12.3 Å². The van der Waals surface area contributed by atoms with E-state index in [0.717, 1.165) is 31.5 Å². The van der Waals surface area contributed by atoms with Crippen LogP contribution in [0, 0.1) is 0 Å². The minimum absolute atomic E-state index is 0.0208. The first kappa shape index (κ1) is 20.6. The summed E-state index contributed by atoms with van der Waals surface area (Å²) < 4.78 is 29.1. The monoisotopic (exact) mass is 379 g/mol. The molecule has 0 aromatic heterocycles. The molecule has 0 unspecified atom stereocenters. The van der Waals surface area contributed by atoms with E-state index in [1.165, 1.54) is 24.3 Å². The number of carbonyl (C=O) groups excluding carboxylic acids is 1. The summed E-state index contributed by atoms with van der Waals surface area (Å²) in [6.45, 7) is 1.82. The predicted octanol–water partition coefficient (Wildman–Crippen LogP) is 3.51. The van der Waals surface area contributed by atoms with Gasteiger partial charge < -0.3 is 19.8 Å². The maximum Gasteiger partial charge on any atom is 0.267 e. The highest BCUT2D eigenvalue weighted by atomic mass is 19.3. The van der Waals surface area contributed by atoms with Gasteiger partial charge in [-0.1, -0.05) is 24.3 Å². The molecule has 2 aromatic rings. The van der Waals surface area contributed by atoms with Crippen LogP contribution in [0.4, 0.5) is 8.78 Å². The van der Waals surface area contributed by atoms with Crippen molar-refractivity contribution in [3.05, 3.63) is 59.7 Å². The number of phenols is 1. The van der Waals surface area contributed by atoms with Crippen LogP contribution in [0.3, 0.4) is 0 Å². The third-order valence-corrected chi connectivity index (χ3v) is 4.10. The fourth-order valence-corrected chi connectivity index (χ4v) is 2.57. The number of likely N-dealkylation sites (tertiary alicyclic amines) is 1. The molecule has 3 rings (SSSR count). The van der Waals surface area contributed by atoms with Crippen LogP contribution in [0.15, 0.2) is 48.5 Å². The Morgan fingerprint density at radius 3 is 2.22 bits per heavy atom. The zero-order chi connectivity index (χ0) is 19.6. The van der Waals surface area contributed by atoms with Gasteiger partial charge in [-0.25, -0.2) is 8.78 Å². The van der Waals surface area contributed by atoms with E-state index in [2.05, 4.69) is 0 Å². The van der Waals surface area contributed by atoms with Crippen molar-refractivity contribution in [3.63, 3.8) is 0 Å². The molecule has 7 heteroatoms. The van der Waals surface area contributed by atoms with E-state index in [0.29, 0.717) is 5.75 Å². The highest BCUT2D eigenvalue weighted by Gasteiger charge is 2.17. The number of nitrogens with zero attached hydrogens (tertiary/aromatic N) is 1. The Kier molecular flexibility index (Phi) is 8.00. The van der Waals surface area contributed by atoms with Crippen LogP contribution in [0.5, 0.6) is 11.5 Å². The molecule has 0 spiro atoms. The fraction of sp³-hybridized carbons (Fsp3) is 0.350. The molecule has 2 N–H and O–H groups in total. The van der Waals surface area contributed by atoms with Crippen molar-refractivity contribution in [1.82, 2.24) is 4.90 Å². The summed E-state index contributed by atoms with van der Waals surface area (Å²) >= 11 is 0. The van der Waals surface area contributed by atoms with E-state index < -0.39 is 6.43 Å². The van der Waals surface area contributed by atoms with E-state index in [4.69, 9.17) is 14.9 Å². The Bertz CT molecular complexity index is 716. The topological polar surface area (TPSA) is 70.0 Å². The predicted molar refractivity (Wildman–Crippen MR) is 96.7 cm³/mol. The van der Waals surface area contributed by atoms with Gasteiger partial charge in [-0.05, 0) is 42.7 Å². The first-order valence-electron chi connectivity index (χ1n) is 8.67. The first-order chi connectivity index (χ1) is 13.0. The Hall–Kier alpha value is -2.67. The number of hydrogen-bond donors (Lipinski definition) is 2. The van der Waals surface area contributed by atoms with E-state index in [-0.39, 0.29) is 30.4 Å². The number of rotatable bonds is 5. The third-order valence-electron chi connectivity index (χ3n) is 4.10. The fourth-order valence-electron chi connectivity index (χ4n) is 2.57. The lowest BCUT2D eigenvalue weighted by Gasteiger charge is -2.15. The minimum atomic E-state index is -2.60. The molecule has 0 radical (unpaired) electrons. The zero-order valence-electron chi connectivity index (χ0n) is 14.9. The summed E-state index contributed by atoms with van der Waals surface area (Å²) in [6, 6.07) is 12.5. The minimum Gasteiger partial charge on any atom is -0.507 e. The number of para-hydroxylation sites is 1. The van der Waals surface area contributed by atoms with Crippen LogP contribution < -0.4 is 4.74 Å². The summed E-state index contributed by atoms with van der Waals surface area (Å²) in [7, 11) is 0. The Morgan fingerprint density at radius 1 is 1.07 bits per heavy atom.